The fourth-order valence-corrected chi connectivity index (χ4v) is 3.59. The van der Waals surface area contributed by atoms with Gasteiger partial charge in [0.15, 0.2) is 5.13 Å². The molecule has 0 aliphatic rings. The normalized spacial score (nSPS) is 10.8. The average molecular weight is 408 g/mol. The van der Waals surface area contributed by atoms with Gasteiger partial charge in [0.05, 0.1) is 5.69 Å². The molecule has 1 heterocycles. The molecule has 0 radical (unpaired) electrons. The average Bonchev–Trinajstić information content (AvgIpc) is 3.16. The Balaban J connectivity index is 1.60. The number of hydrogen-bond acceptors (Lipinski definition) is 4. The van der Waals surface area contributed by atoms with Gasteiger partial charge in [-0.1, -0.05) is 50.2 Å². The molecule has 2 aromatic carbocycles. The summed E-state index contributed by atoms with van der Waals surface area (Å²) in [5.41, 5.74) is 4.82. The molecule has 0 saturated heterocycles. The van der Waals surface area contributed by atoms with Crippen molar-refractivity contribution in [1.29, 1.82) is 0 Å². The summed E-state index contributed by atoms with van der Waals surface area (Å²) >= 11 is 1.41. The van der Waals surface area contributed by atoms with Crippen LogP contribution in [0.2, 0.25) is 0 Å². The van der Waals surface area contributed by atoms with E-state index < -0.39 is 0 Å². The van der Waals surface area contributed by atoms with Crippen molar-refractivity contribution < 1.29 is 9.59 Å². The molecular formula is C23H25N3O2S. The molecular weight excluding hydrogens is 382 g/mol. The van der Waals surface area contributed by atoms with Gasteiger partial charge in [0.25, 0.3) is 5.91 Å². The predicted octanol–water partition coefficient (Wildman–Crippen LogP) is 4.86. The van der Waals surface area contributed by atoms with E-state index in [0.717, 1.165) is 23.2 Å². The van der Waals surface area contributed by atoms with E-state index >= 15 is 0 Å². The van der Waals surface area contributed by atoms with Crippen LogP contribution in [0.3, 0.4) is 0 Å². The van der Waals surface area contributed by atoms with Crippen molar-refractivity contribution in [1.82, 2.24) is 10.3 Å². The Morgan fingerprint density at radius 2 is 1.72 bits per heavy atom. The molecule has 29 heavy (non-hydrogen) atoms. The van der Waals surface area contributed by atoms with E-state index in [1.165, 1.54) is 23.8 Å². The Hall–Kier alpha value is -2.99. The number of carbonyl (C=O) groups is 2. The number of benzene rings is 2. The van der Waals surface area contributed by atoms with Crippen LogP contribution in [-0.4, -0.2) is 23.3 Å². The van der Waals surface area contributed by atoms with Crippen LogP contribution in [0.4, 0.5) is 5.13 Å². The number of nitrogens with one attached hydrogen (secondary N) is 2. The van der Waals surface area contributed by atoms with Crippen LogP contribution in [0.5, 0.6) is 0 Å². The third-order valence-corrected chi connectivity index (χ3v) is 5.36. The first-order valence-corrected chi connectivity index (χ1v) is 10.5. The number of anilines is 1. The van der Waals surface area contributed by atoms with Gasteiger partial charge in [-0.25, -0.2) is 4.98 Å². The minimum Gasteiger partial charge on any atom is -0.356 e. The summed E-state index contributed by atoms with van der Waals surface area (Å²) in [5.74, 6) is 0.264. The molecule has 0 aliphatic heterocycles. The lowest BCUT2D eigenvalue weighted by Gasteiger charge is -2.06. The van der Waals surface area contributed by atoms with Crippen LogP contribution in [-0.2, 0) is 11.2 Å². The van der Waals surface area contributed by atoms with Gasteiger partial charge in [-0.05, 0) is 35.6 Å². The summed E-state index contributed by atoms with van der Waals surface area (Å²) in [5, 5.41) is 8.16. The molecule has 5 nitrogen and oxygen atoms in total. The number of carbonyl (C=O) groups excluding carboxylic acids is 2. The number of nitrogens with zero attached hydrogens (tertiary/aromatic N) is 1. The molecule has 0 saturated carbocycles. The quantitative estimate of drug-likeness (QED) is 0.587. The summed E-state index contributed by atoms with van der Waals surface area (Å²) in [6, 6.07) is 15.7. The molecule has 2 N–H and O–H groups in total. The molecule has 2 amide bonds. The van der Waals surface area contributed by atoms with Crippen LogP contribution in [0, 0.1) is 0 Å². The number of thiazole rings is 1. The van der Waals surface area contributed by atoms with Gasteiger partial charge in [-0.3, -0.25) is 14.9 Å². The standard InChI is InChI=1S/C23H25N3O2S/c1-15(2)18-8-10-19(11-9-18)21-14-29-23(25-21)26-22(28)20-6-4-17(5-7-20)12-13-24-16(3)27/h4-11,14-15H,12-13H2,1-3H3,(H,24,27)(H,25,26,28). The van der Waals surface area contributed by atoms with Crippen LogP contribution >= 0.6 is 11.3 Å². The first kappa shape index (κ1) is 20.7. The van der Waals surface area contributed by atoms with Gasteiger partial charge >= 0.3 is 0 Å². The van der Waals surface area contributed by atoms with E-state index in [1.807, 2.05) is 17.5 Å². The van der Waals surface area contributed by atoms with Crippen molar-refractivity contribution in [2.24, 2.45) is 0 Å². The van der Waals surface area contributed by atoms with Crippen molar-refractivity contribution in [2.75, 3.05) is 11.9 Å². The molecule has 0 spiro atoms. The molecule has 0 unspecified atom stereocenters. The van der Waals surface area contributed by atoms with E-state index in [4.69, 9.17) is 0 Å². The second kappa shape index (κ2) is 9.47. The first-order valence-electron chi connectivity index (χ1n) is 9.63. The predicted molar refractivity (Wildman–Crippen MR) is 118 cm³/mol. The minimum absolute atomic E-state index is 0.0420. The Kier molecular flexibility index (Phi) is 6.77. The Bertz CT molecular complexity index is 976. The maximum absolute atomic E-state index is 12.5. The van der Waals surface area contributed by atoms with E-state index in [1.54, 1.807) is 12.1 Å². The fourth-order valence-electron chi connectivity index (χ4n) is 2.88. The zero-order valence-electron chi connectivity index (χ0n) is 16.9. The largest absolute Gasteiger partial charge is 0.356 e. The zero-order valence-corrected chi connectivity index (χ0v) is 17.7. The Morgan fingerprint density at radius 3 is 2.34 bits per heavy atom. The highest BCUT2D eigenvalue weighted by Gasteiger charge is 2.10. The van der Waals surface area contributed by atoms with Gasteiger partial charge in [0, 0.05) is 30.0 Å². The number of rotatable bonds is 7. The lowest BCUT2D eigenvalue weighted by atomic mass is 10.0. The van der Waals surface area contributed by atoms with E-state index in [9.17, 15) is 9.59 Å². The molecule has 3 aromatic rings. The lowest BCUT2D eigenvalue weighted by molar-refractivity contribution is -0.118. The maximum Gasteiger partial charge on any atom is 0.257 e. The third kappa shape index (κ3) is 5.74. The van der Waals surface area contributed by atoms with Crippen molar-refractivity contribution in [3.8, 4) is 11.3 Å². The summed E-state index contributed by atoms with van der Waals surface area (Å²) < 4.78 is 0. The van der Waals surface area contributed by atoms with E-state index in [2.05, 4.69) is 53.7 Å². The van der Waals surface area contributed by atoms with Gasteiger partial charge in [-0.2, -0.15) is 0 Å². The third-order valence-electron chi connectivity index (χ3n) is 4.60. The van der Waals surface area contributed by atoms with Crippen LogP contribution in [0.1, 0.15) is 48.2 Å². The summed E-state index contributed by atoms with van der Waals surface area (Å²) in [6.45, 7) is 6.42. The zero-order chi connectivity index (χ0) is 20.8. The molecule has 150 valence electrons. The van der Waals surface area contributed by atoms with Gasteiger partial charge in [-0.15, -0.1) is 11.3 Å². The molecule has 3 rings (SSSR count). The van der Waals surface area contributed by atoms with E-state index in [0.29, 0.717) is 23.2 Å². The molecule has 0 bridgehead atoms. The minimum atomic E-state index is -0.186. The van der Waals surface area contributed by atoms with Crippen LogP contribution in [0.25, 0.3) is 11.3 Å². The van der Waals surface area contributed by atoms with Gasteiger partial charge in [0.1, 0.15) is 0 Å². The summed E-state index contributed by atoms with van der Waals surface area (Å²) in [4.78, 5) is 28.0. The first-order chi connectivity index (χ1) is 13.9. The van der Waals surface area contributed by atoms with Gasteiger partial charge in [0.2, 0.25) is 5.91 Å². The summed E-state index contributed by atoms with van der Waals surface area (Å²) in [7, 11) is 0. The van der Waals surface area contributed by atoms with E-state index in [-0.39, 0.29) is 11.8 Å². The topological polar surface area (TPSA) is 71.1 Å². The lowest BCUT2D eigenvalue weighted by Crippen LogP contribution is -2.22. The van der Waals surface area contributed by atoms with Crippen LogP contribution in [0.15, 0.2) is 53.9 Å². The number of amides is 2. The van der Waals surface area contributed by atoms with Crippen LogP contribution < -0.4 is 10.6 Å². The monoisotopic (exact) mass is 407 g/mol. The molecule has 0 atom stereocenters. The van der Waals surface area contributed by atoms with Crippen molar-refractivity contribution >= 4 is 28.3 Å². The smallest absolute Gasteiger partial charge is 0.257 e. The second-order valence-electron chi connectivity index (χ2n) is 7.20. The maximum atomic E-state index is 12.5. The Labute approximate surface area is 175 Å². The molecule has 6 heteroatoms. The second-order valence-corrected chi connectivity index (χ2v) is 8.06. The number of aromatic nitrogens is 1. The van der Waals surface area contributed by atoms with Crippen molar-refractivity contribution in [3.63, 3.8) is 0 Å². The highest BCUT2D eigenvalue weighted by atomic mass is 32.1. The number of hydrogen-bond donors (Lipinski definition) is 2. The highest BCUT2D eigenvalue weighted by Crippen LogP contribution is 2.26. The van der Waals surface area contributed by atoms with Crippen molar-refractivity contribution in [3.05, 3.63) is 70.6 Å². The fraction of sp³-hybridized carbons (Fsp3) is 0.261. The van der Waals surface area contributed by atoms with Crippen molar-refractivity contribution in [2.45, 2.75) is 33.1 Å². The SMILES string of the molecule is CC(=O)NCCc1ccc(C(=O)Nc2nc(-c3ccc(C(C)C)cc3)cs2)cc1. The Morgan fingerprint density at radius 1 is 1.03 bits per heavy atom. The van der Waals surface area contributed by atoms with Gasteiger partial charge < -0.3 is 5.32 Å². The molecule has 0 aliphatic carbocycles. The summed E-state index contributed by atoms with van der Waals surface area (Å²) in [6.07, 6.45) is 0.729. The highest BCUT2D eigenvalue weighted by molar-refractivity contribution is 7.14. The molecule has 1 aromatic heterocycles. The molecule has 0 fully saturated rings.